The highest BCUT2D eigenvalue weighted by Gasteiger charge is 2.25. The number of primary amides is 1. The maximum atomic E-state index is 12.9. The number of morpholine rings is 1. The third kappa shape index (κ3) is 5.52. The third-order valence-corrected chi connectivity index (χ3v) is 10.6. The molecule has 2 fully saturated rings. The summed E-state index contributed by atoms with van der Waals surface area (Å²) in [4.78, 5) is 32.7. The Hall–Kier alpha value is -3.03. The number of aromatic nitrogens is 1. The van der Waals surface area contributed by atoms with Gasteiger partial charge < -0.3 is 31.7 Å². The van der Waals surface area contributed by atoms with E-state index in [1.807, 2.05) is 18.2 Å². The van der Waals surface area contributed by atoms with E-state index in [1.54, 1.807) is 34.9 Å². The first-order chi connectivity index (χ1) is 19.0. The van der Waals surface area contributed by atoms with Crippen LogP contribution in [-0.2, 0) is 4.74 Å². The van der Waals surface area contributed by atoms with Crippen LogP contribution in [0.2, 0.25) is 0 Å². The van der Waals surface area contributed by atoms with E-state index < -0.39 is 5.91 Å². The van der Waals surface area contributed by atoms with E-state index in [0.717, 1.165) is 61.5 Å². The largest absolute Gasteiger partial charge is 0.378 e. The highest BCUT2D eigenvalue weighted by Crippen LogP contribution is 2.42. The van der Waals surface area contributed by atoms with Crippen LogP contribution in [0.25, 0.3) is 19.8 Å². The van der Waals surface area contributed by atoms with Gasteiger partial charge in [0.25, 0.3) is 5.91 Å². The number of thiophene rings is 2. The van der Waals surface area contributed by atoms with Crippen LogP contribution in [0.15, 0.2) is 40.6 Å². The number of anilines is 4. The van der Waals surface area contributed by atoms with Crippen LogP contribution in [0.1, 0.15) is 36.2 Å². The van der Waals surface area contributed by atoms with Crippen LogP contribution < -0.4 is 32.4 Å². The van der Waals surface area contributed by atoms with Crippen molar-refractivity contribution in [3.63, 3.8) is 0 Å². The molecule has 12 heteroatoms. The average molecular weight is 584 g/mol. The molecular formula is C27H31N6O3S3+. The quantitative estimate of drug-likeness (QED) is 0.257. The molecule has 1 saturated carbocycles. The number of amides is 1. The molecule has 9 nitrogen and oxygen atoms in total. The van der Waals surface area contributed by atoms with Gasteiger partial charge in [-0.2, -0.15) is 0 Å². The lowest BCUT2D eigenvalue weighted by Crippen LogP contribution is -2.68. The van der Waals surface area contributed by atoms with Gasteiger partial charge in [0.2, 0.25) is 0 Å². The second kappa shape index (κ2) is 11.2. The molecule has 6 rings (SSSR count). The first-order valence-electron chi connectivity index (χ1n) is 13.1. The Balaban J connectivity index is 1.28. The molecule has 5 heterocycles. The molecule has 0 bridgehead atoms. The van der Waals surface area contributed by atoms with Gasteiger partial charge in [0, 0.05) is 41.4 Å². The molecule has 2 atom stereocenters. The van der Waals surface area contributed by atoms with Gasteiger partial charge in [-0.3, -0.25) is 9.59 Å². The van der Waals surface area contributed by atoms with Crippen LogP contribution in [0, 0.1) is 0 Å². The number of ether oxygens (including phenoxy) is 1. The molecule has 1 saturated heterocycles. The van der Waals surface area contributed by atoms with E-state index in [0.29, 0.717) is 24.9 Å². The zero-order chi connectivity index (χ0) is 26.9. The number of nitrogens with one attached hydrogen (secondary N) is 2. The molecule has 0 spiro atoms. The van der Waals surface area contributed by atoms with Crippen molar-refractivity contribution in [2.24, 2.45) is 5.73 Å². The van der Waals surface area contributed by atoms with Crippen molar-refractivity contribution in [3.8, 4) is 10.4 Å². The van der Waals surface area contributed by atoms with Crippen LogP contribution in [0.4, 0.5) is 21.4 Å². The number of nitrogens with two attached hydrogens (primary N) is 1. The zero-order valence-electron chi connectivity index (χ0n) is 21.4. The fourth-order valence-corrected chi connectivity index (χ4v) is 8.63. The second-order valence-corrected chi connectivity index (χ2v) is 12.9. The number of rotatable bonds is 7. The number of hydrogen-bond acceptors (Lipinski definition) is 10. The molecule has 1 amide bonds. The molecule has 4 aromatic rings. The van der Waals surface area contributed by atoms with Gasteiger partial charge >= 0.3 is 0 Å². The highest BCUT2D eigenvalue weighted by atomic mass is 32.1. The number of hydrogen-bond donors (Lipinski definition) is 4. The molecule has 1 aliphatic carbocycles. The predicted molar refractivity (Wildman–Crippen MR) is 161 cm³/mol. The fourth-order valence-electron chi connectivity index (χ4n) is 5.17. The summed E-state index contributed by atoms with van der Waals surface area (Å²) in [6.07, 6.45) is 6.23. The fraction of sp³-hybridized carbons (Fsp3) is 0.370. The van der Waals surface area contributed by atoms with Crippen LogP contribution >= 0.6 is 34.0 Å². The van der Waals surface area contributed by atoms with Crippen molar-refractivity contribution in [2.75, 3.05) is 41.8 Å². The van der Waals surface area contributed by atoms with Gasteiger partial charge in [-0.25, -0.2) is 4.98 Å². The minimum atomic E-state index is -0.585. The van der Waals surface area contributed by atoms with Gasteiger partial charge in [0.15, 0.2) is 11.1 Å². The normalized spacial score (nSPS) is 19.8. The highest BCUT2D eigenvalue weighted by molar-refractivity contribution is 7.29. The van der Waals surface area contributed by atoms with E-state index in [-0.39, 0.29) is 17.2 Å². The molecule has 204 valence electrons. The molecule has 0 unspecified atom stereocenters. The number of pyridine rings is 1. The minimum Gasteiger partial charge on any atom is -0.378 e. The van der Waals surface area contributed by atoms with Crippen molar-refractivity contribution in [1.82, 2.24) is 4.98 Å². The average Bonchev–Trinajstić information content (AvgIpc) is 3.58. The summed E-state index contributed by atoms with van der Waals surface area (Å²) in [6, 6.07) is 8.30. The summed E-state index contributed by atoms with van der Waals surface area (Å²) in [7, 11) is 0. The van der Waals surface area contributed by atoms with E-state index >= 15 is 0 Å². The summed E-state index contributed by atoms with van der Waals surface area (Å²) in [5.41, 5.74) is 12.6. The zero-order valence-corrected chi connectivity index (χ0v) is 23.9. The molecule has 4 aromatic heterocycles. The van der Waals surface area contributed by atoms with Crippen molar-refractivity contribution >= 4 is 70.7 Å². The molecular weight excluding hydrogens is 553 g/mol. The molecule has 2 aliphatic rings. The first kappa shape index (κ1) is 26.2. The van der Waals surface area contributed by atoms with Crippen LogP contribution in [0.5, 0.6) is 0 Å². The first-order valence-corrected chi connectivity index (χ1v) is 15.6. The van der Waals surface area contributed by atoms with Gasteiger partial charge in [-0.1, -0.05) is 6.42 Å². The van der Waals surface area contributed by atoms with Crippen molar-refractivity contribution in [1.29, 1.82) is 0 Å². The SMILES string of the molecule is NC(=O)c1ncc(N[C@H]2CCCC[C@H]2[NH3+])cc1Nc1ccc(-c2csc3c(=O)cc(N4CCOCC4)sc23)s1. The summed E-state index contributed by atoms with van der Waals surface area (Å²) in [5.74, 6) is -0.585. The van der Waals surface area contributed by atoms with Crippen molar-refractivity contribution in [2.45, 2.75) is 37.8 Å². The molecule has 1 aliphatic heterocycles. The Morgan fingerprint density at radius 2 is 1.95 bits per heavy atom. The Morgan fingerprint density at radius 1 is 1.13 bits per heavy atom. The van der Waals surface area contributed by atoms with Gasteiger partial charge in [-0.05, 0) is 31.0 Å². The second-order valence-electron chi connectivity index (χ2n) is 9.92. The number of carbonyl (C=O) groups excluding carboxylic acids is 1. The minimum absolute atomic E-state index is 0.0559. The van der Waals surface area contributed by atoms with Gasteiger partial charge in [0.05, 0.1) is 56.2 Å². The Labute approximate surface area is 237 Å². The predicted octanol–water partition coefficient (Wildman–Crippen LogP) is 4.09. The monoisotopic (exact) mass is 583 g/mol. The van der Waals surface area contributed by atoms with Crippen molar-refractivity contribution < 1.29 is 15.3 Å². The lowest BCUT2D eigenvalue weighted by atomic mass is 9.91. The van der Waals surface area contributed by atoms with E-state index in [4.69, 9.17) is 10.5 Å². The molecule has 0 aromatic carbocycles. The summed E-state index contributed by atoms with van der Waals surface area (Å²) >= 11 is 4.71. The van der Waals surface area contributed by atoms with Crippen LogP contribution in [-0.4, -0.2) is 49.3 Å². The summed E-state index contributed by atoms with van der Waals surface area (Å²) < 4.78 is 7.26. The number of quaternary nitrogens is 1. The maximum Gasteiger partial charge on any atom is 0.269 e. The maximum absolute atomic E-state index is 12.9. The lowest BCUT2D eigenvalue weighted by molar-refractivity contribution is -0.427. The number of nitrogens with zero attached hydrogens (tertiary/aromatic N) is 2. The third-order valence-electron chi connectivity index (χ3n) is 7.26. The number of carbonyl (C=O) groups is 1. The smallest absolute Gasteiger partial charge is 0.269 e. The number of fused-ring (bicyclic) bond motifs is 1. The van der Waals surface area contributed by atoms with Gasteiger partial charge in [-0.15, -0.1) is 34.0 Å². The van der Waals surface area contributed by atoms with E-state index in [9.17, 15) is 9.59 Å². The lowest BCUT2D eigenvalue weighted by Gasteiger charge is -2.28. The Bertz CT molecular complexity index is 1560. The molecule has 0 radical (unpaired) electrons. The molecule has 39 heavy (non-hydrogen) atoms. The standard InChI is InChI=1S/C27H30N6O3S3/c28-17-3-1-2-4-18(17)31-15-11-19(24(27(29)35)30-13-15)32-22-6-5-21(38-22)16-14-37-26-20(34)12-23(39-25(16)26)33-7-9-36-10-8-33/h5-6,11-14,17-18,31-32H,1-4,7-10,28H2,(H2,29,35)/p+1/t17-,18+/m1/s1. The Morgan fingerprint density at radius 3 is 2.74 bits per heavy atom. The van der Waals surface area contributed by atoms with E-state index in [2.05, 4.69) is 31.6 Å². The van der Waals surface area contributed by atoms with E-state index in [1.165, 1.54) is 24.2 Å². The van der Waals surface area contributed by atoms with Gasteiger partial charge in [0.1, 0.15) is 6.04 Å². The van der Waals surface area contributed by atoms with Crippen molar-refractivity contribution in [3.05, 3.63) is 51.8 Å². The topological polar surface area (TPSA) is 137 Å². The summed E-state index contributed by atoms with van der Waals surface area (Å²) in [6.45, 7) is 2.91. The van der Waals surface area contributed by atoms with Crippen LogP contribution in [0.3, 0.4) is 0 Å². The Kier molecular flexibility index (Phi) is 7.54. The summed E-state index contributed by atoms with van der Waals surface area (Å²) in [5, 5.41) is 10.8. The molecule has 7 N–H and O–H groups in total.